The Morgan fingerprint density at radius 3 is 2.32 bits per heavy atom. The molecule has 0 aliphatic heterocycles. The van der Waals surface area contributed by atoms with E-state index in [-0.39, 0.29) is 30.0 Å². The van der Waals surface area contributed by atoms with Crippen LogP contribution >= 0.6 is 0 Å². The van der Waals surface area contributed by atoms with Gasteiger partial charge in [0.05, 0.1) is 18.4 Å². The van der Waals surface area contributed by atoms with Crippen LogP contribution in [0, 0.1) is 11.6 Å². The van der Waals surface area contributed by atoms with E-state index in [1.54, 1.807) is 4.72 Å². The highest BCUT2D eigenvalue weighted by molar-refractivity contribution is 7.92. The molecule has 0 saturated heterocycles. The highest BCUT2D eigenvalue weighted by Gasteiger charge is 2.31. The quantitative estimate of drug-likeness (QED) is 0.274. The average molecular weight is 506 g/mol. The molecule has 2 aromatic carbocycles. The Labute approximate surface area is 193 Å². The van der Waals surface area contributed by atoms with E-state index in [0.717, 1.165) is 43.0 Å². The summed E-state index contributed by atoms with van der Waals surface area (Å²) in [6, 6.07) is 4.60. The maximum Gasteiger partial charge on any atom is 0.416 e. The Hall–Kier alpha value is -3.15. The monoisotopic (exact) mass is 506 g/mol. The predicted molar refractivity (Wildman–Crippen MR) is 118 cm³/mol. The Balaban J connectivity index is 2.11. The summed E-state index contributed by atoms with van der Waals surface area (Å²) in [6.45, 7) is 1.81. The van der Waals surface area contributed by atoms with Crippen molar-refractivity contribution in [1.82, 2.24) is 5.32 Å². The fraction of sp³-hybridized carbons (Fsp3) is 0.318. The highest BCUT2D eigenvalue weighted by Crippen LogP contribution is 2.33. The molecule has 0 aliphatic carbocycles. The molecule has 34 heavy (non-hydrogen) atoms. The first-order valence-corrected chi connectivity index (χ1v) is 11.9. The number of hydrogen-bond donors (Lipinski definition) is 2. The van der Waals surface area contributed by atoms with Gasteiger partial charge >= 0.3 is 6.18 Å². The zero-order valence-corrected chi connectivity index (χ0v) is 19.1. The van der Waals surface area contributed by atoms with Crippen LogP contribution < -0.4 is 14.8 Å². The minimum absolute atomic E-state index is 0.0221. The first-order chi connectivity index (χ1) is 15.8. The molecule has 0 aromatic heterocycles. The fourth-order valence-corrected chi connectivity index (χ4v) is 3.29. The van der Waals surface area contributed by atoms with Gasteiger partial charge in [-0.1, -0.05) is 19.4 Å². The summed E-state index contributed by atoms with van der Waals surface area (Å²) in [4.78, 5) is 12.1. The van der Waals surface area contributed by atoms with Crippen LogP contribution in [0.25, 0.3) is 6.08 Å². The zero-order chi connectivity index (χ0) is 25.5. The molecule has 2 rings (SSSR count). The van der Waals surface area contributed by atoms with Crippen molar-refractivity contribution >= 4 is 27.7 Å². The molecule has 0 aliphatic rings. The highest BCUT2D eigenvalue weighted by atomic mass is 32.2. The second kappa shape index (κ2) is 11.3. The number of hydrogen-bond acceptors (Lipinski definition) is 4. The average Bonchev–Trinajstić information content (AvgIpc) is 2.72. The van der Waals surface area contributed by atoms with Gasteiger partial charge in [-0.05, 0) is 42.3 Å². The second-order valence-corrected chi connectivity index (χ2v) is 9.06. The van der Waals surface area contributed by atoms with Crippen molar-refractivity contribution in [3.63, 3.8) is 0 Å². The third-order valence-electron chi connectivity index (χ3n) is 4.37. The Morgan fingerprint density at radius 1 is 1.12 bits per heavy atom. The molecule has 2 N–H and O–H groups in total. The standard InChI is InChI=1S/C22H23F5N2O4S/c1-3-4-9-33-19-12-16(22(25,26)27)7-5-15(19)6-8-20(30)28-13-14-10-17(23)21(18(24)11-14)29-34(2,31)32/h5-8,10-12,29H,3-4,9,13H2,1-2H3,(H,28,30)/b8-6+. The largest absolute Gasteiger partial charge is 0.493 e. The van der Waals surface area contributed by atoms with Gasteiger partial charge in [0, 0.05) is 18.2 Å². The van der Waals surface area contributed by atoms with Crippen LogP contribution in [-0.4, -0.2) is 27.2 Å². The Morgan fingerprint density at radius 2 is 1.76 bits per heavy atom. The van der Waals surface area contributed by atoms with Crippen molar-refractivity contribution in [3.05, 3.63) is 64.7 Å². The van der Waals surface area contributed by atoms with Crippen LogP contribution in [0.15, 0.2) is 36.4 Å². The van der Waals surface area contributed by atoms with Crippen molar-refractivity contribution in [2.75, 3.05) is 17.6 Å². The van der Waals surface area contributed by atoms with E-state index in [1.807, 2.05) is 6.92 Å². The van der Waals surface area contributed by atoms with Crippen LogP contribution in [0.3, 0.4) is 0 Å². The number of sulfonamides is 1. The molecular formula is C22H23F5N2O4S. The third-order valence-corrected chi connectivity index (χ3v) is 4.94. The number of amides is 1. The van der Waals surface area contributed by atoms with E-state index < -0.39 is 45.0 Å². The third kappa shape index (κ3) is 8.32. The summed E-state index contributed by atoms with van der Waals surface area (Å²) < 4.78 is 96.6. The molecule has 186 valence electrons. The molecular weight excluding hydrogens is 483 g/mol. The number of nitrogens with one attached hydrogen (secondary N) is 2. The van der Waals surface area contributed by atoms with Crippen LogP contribution in [-0.2, 0) is 27.5 Å². The first-order valence-electron chi connectivity index (χ1n) is 10.1. The summed E-state index contributed by atoms with van der Waals surface area (Å²) in [5.74, 6) is -3.04. The number of unbranched alkanes of at least 4 members (excludes halogenated alkanes) is 1. The molecule has 0 atom stereocenters. The molecule has 0 fully saturated rings. The van der Waals surface area contributed by atoms with Crippen molar-refractivity contribution in [2.45, 2.75) is 32.5 Å². The van der Waals surface area contributed by atoms with Gasteiger partial charge in [0.2, 0.25) is 15.9 Å². The number of alkyl halides is 3. The molecule has 6 nitrogen and oxygen atoms in total. The molecule has 12 heteroatoms. The van der Waals surface area contributed by atoms with Crippen molar-refractivity contribution in [2.24, 2.45) is 0 Å². The van der Waals surface area contributed by atoms with E-state index in [2.05, 4.69) is 5.32 Å². The van der Waals surface area contributed by atoms with E-state index in [4.69, 9.17) is 4.74 Å². The van der Waals surface area contributed by atoms with Gasteiger partial charge in [-0.15, -0.1) is 0 Å². The van der Waals surface area contributed by atoms with Crippen molar-refractivity contribution in [3.8, 4) is 5.75 Å². The maximum absolute atomic E-state index is 14.0. The molecule has 0 bridgehead atoms. The van der Waals surface area contributed by atoms with Gasteiger partial charge in [-0.3, -0.25) is 9.52 Å². The number of halogens is 5. The topological polar surface area (TPSA) is 84.5 Å². The Bertz CT molecular complexity index is 1140. The van der Waals surface area contributed by atoms with Gasteiger partial charge in [0.15, 0.2) is 11.6 Å². The molecule has 0 heterocycles. The maximum atomic E-state index is 14.0. The van der Waals surface area contributed by atoms with Gasteiger partial charge in [-0.25, -0.2) is 17.2 Å². The summed E-state index contributed by atoms with van der Waals surface area (Å²) in [6.07, 6.45) is -0.105. The lowest BCUT2D eigenvalue weighted by atomic mass is 10.1. The molecule has 0 unspecified atom stereocenters. The van der Waals surface area contributed by atoms with Gasteiger partial charge in [-0.2, -0.15) is 13.2 Å². The lowest BCUT2D eigenvalue weighted by molar-refractivity contribution is -0.137. The lowest BCUT2D eigenvalue weighted by Gasteiger charge is -2.13. The number of anilines is 1. The molecule has 0 spiro atoms. The van der Waals surface area contributed by atoms with Crippen molar-refractivity contribution in [1.29, 1.82) is 0 Å². The summed E-state index contributed by atoms with van der Waals surface area (Å²) >= 11 is 0. The van der Waals surface area contributed by atoms with E-state index in [0.29, 0.717) is 6.42 Å². The van der Waals surface area contributed by atoms with Crippen LogP contribution in [0.4, 0.5) is 27.6 Å². The number of benzene rings is 2. The fourth-order valence-electron chi connectivity index (χ4n) is 2.72. The smallest absolute Gasteiger partial charge is 0.416 e. The van der Waals surface area contributed by atoms with Crippen LogP contribution in [0.1, 0.15) is 36.5 Å². The minimum Gasteiger partial charge on any atom is -0.493 e. The summed E-state index contributed by atoms with van der Waals surface area (Å²) in [5, 5.41) is 2.38. The zero-order valence-electron chi connectivity index (χ0n) is 18.3. The number of carbonyl (C=O) groups excluding carboxylic acids is 1. The number of carbonyl (C=O) groups is 1. The molecule has 0 radical (unpaired) electrons. The number of rotatable bonds is 10. The van der Waals surface area contributed by atoms with E-state index in [9.17, 15) is 35.2 Å². The first kappa shape index (κ1) is 27.1. The second-order valence-electron chi connectivity index (χ2n) is 7.31. The van der Waals surface area contributed by atoms with Gasteiger partial charge in [0.25, 0.3) is 0 Å². The molecule has 1 amide bonds. The normalized spacial score (nSPS) is 12.1. The summed E-state index contributed by atoms with van der Waals surface area (Å²) in [5.41, 5.74) is -1.46. The lowest BCUT2D eigenvalue weighted by Crippen LogP contribution is -2.21. The summed E-state index contributed by atoms with van der Waals surface area (Å²) in [7, 11) is -3.90. The van der Waals surface area contributed by atoms with E-state index in [1.165, 1.54) is 12.1 Å². The molecule has 0 saturated carbocycles. The minimum atomic E-state index is -4.56. The molecule has 2 aromatic rings. The van der Waals surface area contributed by atoms with Crippen molar-refractivity contribution < 1.29 is 39.9 Å². The van der Waals surface area contributed by atoms with Gasteiger partial charge in [0.1, 0.15) is 11.4 Å². The Kier molecular flexibility index (Phi) is 9.02. The SMILES string of the molecule is CCCCOc1cc(C(F)(F)F)ccc1/C=C/C(=O)NCc1cc(F)c(NS(C)(=O)=O)c(F)c1. The predicted octanol–water partition coefficient (Wildman–Crippen LogP) is 4.86. The van der Waals surface area contributed by atoms with Gasteiger partial charge < -0.3 is 10.1 Å². The van der Waals surface area contributed by atoms with Crippen LogP contribution in [0.5, 0.6) is 5.75 Å². The van der Waals surface area contributed by atoms with Crippen LogP contribution in [0.2, 0.25) is 0 Å². The van der Waals surface area contributed by atoms with E-state index >= 15 is 0 Å². The number of ether oxygens (including phenoxy) is 1.